The van der Waals surface area contributed by atoms with Gasteiger partial charge in [-0.1, -0.05) is 31.5 Å². The largest absolute Gasteiger partial charge is 0.394 e. The van der Waals surface area contributed by atoms with E-state index in [0.717, 1.165) is 34.3 Å². The van der Waals surface area contributed by atoms with Gasteiger partial charge in [0.15, 0.2) is 6.23 Å². The maximum atomic E-state index is 10.5. The fourth-order valence-corrected chi connectivity index (χ4v) is 4.94. The third kappa shape index (κ3) is 3.84. The Labute approximate surface area is 172 Å². The quantitative estimate of drug-likeness (QED) is 0.485. The minimum atomic E-state index is -1.41. The fraction of sp³-hybridized carbons (Fsp3) is 0.476. The van der Waals surface area contributed by atoms with Gasteiger partial charge < -0.3 is 29.7 Å². The number of hydrogen-bond acceptors (Lipinski definition) is 7. The van der Waals surface area contributed by atoms with E-state index < -0.39 is 37.3 Å². The number of aliphatic hydroxyl groups excluding tert-OH is 4. The van der Waals surface area contributed by atoms with Crippen LogP contribution in [0, 0.1) is 0 Å². The maximum absolute atomic E-state index is 10.5. The third-order valence-corrected chi connectivity index (χ3v) is 6.46. The molecule has 29 heavy (non-hydrogen) atoms. The highest BCUT2D eigenvalue weighted by atomic mass is 32.1. The Hall–Kier alpha value is -1.81. The molecule has 4 N–H and O–H groups in total. The van der Waals surface area contributed by atoms with Crippen LogP contribution in [0.15, 0.2) is 36.7 Å². The number of para-hydroxylation sites is 1. The van der Waals surface area contributed by atoms with Crippen molar-refractivity contribution in [2.24, 2.45) is 0 Å². The molecule has 3 aromatic rings. The average molecular weight is 419 g/mol. The molecular weight excluding hydrogens is 392 g/mol. The molecule has 0 bridgehead atoms. The normalized spacial score (nSPS) is 27.6. The van der Waals surface area contributed by atoms with Crippen LogP contribution in [0.1, 0.15) is 35.0 Å². The molecule has 0 saturated carbocycles. The van der Waals surface area contributed by atoms with Crippen molar-refractivity contribution in [3.63, 3.8) is 0 Å². The molecule has 8 heteroatoms. The minimum Gasteiger partial charge on any atom is -0.394 e. The second kappa shape index (κ2) is 8.51. The van der Waals surface area contributed by atoms with Crippen LogP contribution in [-0.2, 0) is 17.6 Å². The molecule has 1 aliphatic rings. The molecule has 2 aromatic heterocycles. The number of aryl methyl sites for hydroxylation is 1. The van der Waals surface area contributed by atoms with Gasteiger partial charge in [0.25, 0.3) is 0 Å². The Morgan fingerprint density at radius 3 is 2.69 bits per heavy atom. The number of rotatable bonds is 6. The summed E-state index contributed by atoms with van der Waals surface area (Å²) in [5.41, 5.74) is 1.88. The summed E-state index contributed by atoms with van der Waals surface area (Å²) in [6.07, 6.45) is 0.605. The van der Waals surface area contributed by atoms with Crippen molar-refractivity contribution in [2.45, 2.75) is 56.8 Å². The fourth-order valence-electron chi connectivity index (χ4n) is 3.90. The highest BCUT2D eigenvalue weighted by Gasteiger charge is 2.44. The zero-order valence-corrected chi connectivity index (χ0v) is 17.0. The lowest BCUT2D eigenvalue weighted by molar-refractivity contribution is -0.250. The first kappa shape index (κ1) is 20.5. The van der Waals surface area contributed by atoms with E-state index in [2.05, 4.69) is 11.9 Å². The van der Waals surface area contributed by atoms with Gasteiger partial charge >= 0.3 is 0 Å². The highest BCUT2D eigenvalue weighted by molar-refractivity contribution is 7.11. The molecule has 1 fully saturated rings. The third-order valence-electron chi connectivity index (χ3n) is 5.40. The molecule has 0 spiro atoms. The second-order valence-electron chi connectivity index (χ2n) is 7.45. The standard InChI is InChI=1S/C21H26N2O5S/c1-2-5-13-9-22-17(29-13)8-12-10-23(15-7-4-3-6-14(12)15)21-20(27)19(26)18(25)16(11-24)28-21/h3-4,6-7,9-10,16,18-21,24-27H,2,5,8,11H2,1H3/t16-,18-,19+,20-,21-/m1/s1. The van der Waals surface area contributed by atoms with Crippen molar-refractivity contribution in [1.82, 2.24) is 9.55 Å². The lowest BCUT2D eigenvalue weighted by Crippen LogP contribution is -2.56. The molecule has 0 unspecified atom stereocenters. The van der Waals surface area contributed by atoms with Crippen molar-refractivity contribution in [1.29, 1.82) is 0 Å². The molecule has 0 amide bonds. The first-order valence-electron chi connectivity index (χ1n) is 9.86. The number of benzene rings is 1. The summed E-state index contributed by atoms with van der Waals surface area (Å²) in [5, 5.41) is 42.3. The van der Waals surface area contributed by atoms with Gasteiger partial charge in [0.1, 0.15) is 24.4 Å². The number of fused-ring (bicyclic) bond motifs is 1. The molecule has 1 aromatic carbocycles. The first-order chi connectivity index (χ1) is 14.0. The van der Waals surface area contributed by atoms with Crippen LogP contribution in [-0.4, -0.2) is 61.0 Å². The lowest BCUT2D eigenvalue weighted by Gasteiger charge is -2.40. The van der Waals surface area contributed by atoms with E-state index in [1.807, 2.05) is 36.7 Å². The zero-order chi connectivity index (χ0) is 20.5. The molecular formula is C21H26N2O5S. The van der Waals surface area contributed by atoms with Gasteiger partial charge in [-0.25, -0.2) is 4.98 Å². The van der Waals surface area contributed by atoms with Gasteiger partial charge in [0, 0.05) is 29.1 Å². The van der Waals surface area contributed by atoms with E-state index in [1.54, 1.807) is 15.9 Å². The zero-order valence-electron chi connectivity index (χ0n) is 16.2. The van der Waals surface area contributed by atoms with Crippen LogP contribution in [0.25, 0.3) is 10.9 Å². The van der Waals surface area contributed by atoms with E-state index in [4.69, 9.17) is 4.74 Å². The summed E-state index contributed by atoms with van der Waals surface area (Å²) in [4.78, 5) is 5.81. The van der Waals surface area contributed by atoms with Gasteiger partial charge in [0.05, 0.1) is 17.1 Å². The molecule has 3 heterocycles. The number of aliphatic hydroxyl groups is 4. The topological polar surface area (TPSA) is 108 Å². The summed E-state index contributed by atoms with van der Waals surface area (Å²) < 4.78 is 7.54. The van der Waals surface area contributed by atoms with Crippen LogP contribution in [0.3, 0.4) is 0 Å². The Kier molecular flexibility index (Phi) is 6.00. The van der Waals surface area contributed by atoms with Crippen LogP contribution >= 0.6 is 11.3 Å². The summed E-state index contributed by atoms with van der Waals surface area (Å²) >= 11 is 1.70. The molecule has 1 aliphatic heterocycles. The van der Waals surface area contributed by atoms with Crippen molar-refractivity contribution in [3.05, 3.63) is 52.1 Å². The highest BCUT2D eigenvalue weighted by Crippen LogP contribution is 2.34. The molecule has 0 radical (unpaired) electrons. The number of thiazole rings is 1. The number of hydrogen-bond donors (Lipinski definition) is 4. The molecule has 5 atom stereocenters. The molecule has 4 rings (SSSR count). The number of nitrogens with zero attached hydrogens (tertiary/aromatic N) is 2. The smallest absolute Gasteiger partial charge is 0.163 e. The van der Waals surface area contributed by atoms with Crippen molar-refractivity contribution >= 4 is 22.2 Å². The monoisotopic (exact) mass is 418 g/mol. The van der Waals surface area contributed by atoms with E-state index in [1.165, 1.54) is 4.88 Å². The SMILES string of the molecule is CCCc1cnc(Cc2cn([C@@H]3O[C@H](CO)[C@@H](O)[C@H](O)[C@H]3O)c3ccccc23)s1. The molecule has 7 nitrogen and oxygen atoms in total. The van der Waals surface area contributed by atoms with Crippen LogP contribution < -0.4 is 0 Å². The van der Waals surface area contributed by atoms with Crippen LogP contribution in [0.4, 0.5) is 0 Å². The maximum Gasteiger partial charge on any atom is 0.163 e. The van der Waals surface area contributed by atoms with Gasteiger partial charge in [-0.15, -0.1) is 11.3 Å². The van der Waals surface area contributed by atoms with E-state index in [0.29, 0.717) is 6.42 Å². The summed E-state index contributed by atoms with van der Waals surface area (Å²) in [7, 11) is 0. The number of ether oxygens (including phenoxy) is 1. The number of aromatic nitrogens is 2. The van der Waals surface area contributed by atoms with Crippen molar-refractivity contribution < 1.29 is 25.2 Å². The van der Waals surface area contributed by atoms with Crippen molar-refractivity contribution in [3.8, 4) is 0 Å². The Morgan fingerprint density at radius 2 is 1.93 bits per heavy atom. The van der Waals surface area contributed by atoms with Crippen LogP contribution in [0.5, 0.6) is 0 Å². The van der Waals surface area contributed by atoms with E-state index in [9.17, 15) is 20.4 Å². The van der Waals surface area contributed by atoms with Gasteiger partial charge in [-0.05, 0) is 18.1 Å². The van der Waals surface area contributed by atoms with Crippen LogP contribution in [0.2, 0.25) is 0 Å². The van der Waals surface area contributed by atoms with Gasteiger partial charge in [-0.2, -0.15) is 0 Å². The Balaban J connectivity index is 1.70. The average Bonchev–Trinajstić information content (AvgIpc) is 3.32. The first-order valence-corrected chi connectivity index (χ1v) is 10.7. The van der Waals surface area contributed by atoms with E-state index in [-0.39, 0.29) is 0 Å². The molecule has 1 saturated heterocycles. The Bertz CT molecular complexity index is 969. The predicted molar refractivity (Wildman–Crippen MR) is 110 cm³/mol. The predicted octanol–water partition coefficient (Wildman–Crippen LogP) is 1.61. The molecule has 0 aliphatic carbocycles. The van der Waals surface area contributed by atoms with Gasteiger partial charge in [-0.3, -0.25) is 0 Å². The summed E-state index contributed by atoms with van der Waals surface area (Å²) in [6.45, 7) is 1.69. The second-order valence-corrected chi connectivity index (χ2v) is 8.65. The summed E-state index contributed by atoms with van der Waals surface area (Å²) in [6, 6.07) is 7.78. The summed E-state index contributed by atoms with van der Waals surface area (Å²) in [5.74, 6) is 0. The van der Waals surface area contributed by atoms with Gasteiger partial charge in [0.2, 0.25) is 0 Å². The van der Waals surface area contributed by atoms with E-state index >= 15 is 0 Å². The van der Waals surface area contributed by atoms with Crippen molar-refractivity contribution in [2.75, 3.05) is 6.61 Å². The lowest BCUT2D eigenvalue weighted by atomic mass is 9.98. The molecule has 156 valence electrons. The Morgan fingerprint density at radius 1 is 1.14 bits per heavy atom. The minimum absolute atomic E-state index is 0.452.